The first-order valence-corrected chi connectivity index (χ1v) is 10.6. The van der Waals surface area contributed by atoms with Gasteiger partial charge in [-0.1, -0.05) is 18.2 Å². The Bertz CT molecular complexity index is 939. The molecule has 4 nitrogen and oxygen atoms in total. The highest BCUT2D eigenvalue weighted by Crippen LogP contribution is 2.29. The van der Waals surface area contributed by atoms with E-state index >= 15 is 0 Å². The molecule has 0 bridgehead atoms. The average Bonchev–Trinajstić information content (AvgIpc) is 3.53. The van der Waals surface area contributed by atoms with Gasteiger partial charge in [-0.05, 0) is 75.2 Å². The molecule has 0 spiro atoms. The molecule has 1 aliphatic carbocycles. The highest BCUT2D eigenvalue weighted by Gasteiger charge is 2.31. The number of halogens is 1. The molecule has 29 heavy (non-hydrogen) atoms. The Hall–Kier alpha value is -2.50. The van der Waals surface area contributed by atoms with Crippen LogP contribution in [-0.2, 0) is 6.54 Å². The summed E-state index contributed by atoms with van der Waals surface area (Å²) < 4.78 is 15.3. The van der Waals surface area contributed by atoms with Gasteiger partial charge in [0.1, 0.15) is 5.82 Å². The number of nitrogens with one attached hydrogen (secondary N) is 1. The van der Waals surface area contributed by atoms with Gasteiger partial charge in [0.25, 0.3) is 0 Å². The predicted molar refractivity (Wildman–Crippen MR) is 113 cm³/mol. The minimum absolute atomic E-state index is 0.224. The summed E-state index contributed by atoms with van der Waals surface area (Å²) in [6.07, 6.45) is 7.28. The lowest BCUT2D eigenvalue weighted by molar-refractivity contribution is 0.189. The summed E-state index contributed by atoms with van der Waals surface area (Å²) in [6.45, 7) is 3.18. The number of piperidine rings is 1. The van der Waals surface area contributed by atoms with E-state index in [0.717, 1.165) is 35.1 Å². The van der Waals surface area contributed by atoms with Gasteiger partial charge in [-0.3, -0.25) is 0 Å². The first kappa shape index (κ1) is 18.5. The molecule has 1 N–H and O–H groups in total. The molecule has 5 heteroatoms. The van der Waals surface area contributed by atoms with Crippen LogP contribution in [0.3, 0.4) is 0 Å². The van der Waals surface area contributed by atoms with E-state index in [0.29, 0.717) is 6.04 Å². The Morgan fingerprint density at radius 2 is 1.66 bits per heavy atom. The summed E-state index contributed by atoms with van der Waals surface area (Å²) in [5.41, 5.74) is 4.03. The van der Waals surface area contributed by atoms with Crippen LogP contribution in [0.4, 0.5) is 4.39 Å². The number of hydrogen-bond donors (Lipinski definition) is 1. The van der Waals surface area contributed by atoms with Gasteiger partial charge in [0.2, 0.25) is 0 Å². The van der Waals surface area contributed by atoms with Crippen LogP contribution in [0, 0.1) is 5.82 Å². The van der Waals surface area contributed by atoms with Crippen LogP contribution in [0.5, 0.6) is 0 Å². The van der Waals surface area contributed by atoms with Crippen molar-refractivity contribution in [2.24, 2.45) is 0 Å². The monoisotopic (exact) mass is 390 g/mol. The Kier molecular flexibility index (Phi) is 5.17. The third kappa shape index (κ3) is 4.26. The molecule has 2 fully saturated rings. The summed E-state index contributed by atoms with van der Waals surface area (Å²) in [4.78, 5) is 2.65. The molecule has 150 valence electrons. The minimum atomic E-state index is -0.224. The van der Waals surface area contributed by atoms with Crippen molar-refractivity contribution < 1.29 is 4.39 Å². The van der Waals surface area contributed by atoms with Gasteiger partial charge in [-0.15, -0.1) is 0 Å². The van der Waals surface area contributed by atoms with E-state index in [4.69, 9.17) is 5.10 Å². The highest BCUT2D eigenvalue weighted by atomic mass is 19.1. The zero-order valence-corrected chi connectivity index (χ0v) is 16.6. The fourth-order valence-electron chi connectivity index (χ4n) is 4.27. The number of likely N-dealkylation sites (tertiary alicyclic amines) is 1. The summed E-state index contributed by atoms with van der Waals surface area (Å²) in [5, 5.41) is 8.58. The maximum Gasteiger partial charge on any atom is 0.123 e. The van der Waals surface area contributed by atoms with Crippen molar-refractivity contribution in [1.82, 2.24) is 20.0 Å². The Balaban J connectivity index is 1.34. The Labute approximate surface area is 171 Å². The zero-order chi connectivity index (χ0) is 19.6. The largest absolute Gasteiger partial charge is 0.310 e. The smallest absolute Gasteiger partial charge is 0.123 e. The number of benzene rings is 2. The van der Waals surface area contributed by atoms with Gasteiger partial charge in [-0.2, -0.15) is 5.10 Å². The first-order valence-electron chi connectivity index (χ1n) is 10.6. The normalized spacial score (nSPS) is 18.2. The van der Waals surface area contributed by atoms with Crippen LogP contribution in [0.1, 0.15) is 31.2 Å². The first-order chi connectivity index (χ1) is 14.3. The van der Waals surface area contributed by atoms with Crippen molar-refractivity contribution in [2.75, 3.05) is 13.1 Å². The summed E-state index contributed by atoms with van der Waals surface area (Å²) in [6, 6.07) is 18.2. The van der Waals surface area contributed by atoms with Gasteiger partial charge < -0.3 is 10.2 Å². The molecule has 5 rings (SSSR count). The summed E-state index contributed by atoms with van der Waals surface area (Å²) in [5.74, 6) is -0.224. The highest BCUT2D eigenvalue weighted by molar-refractivity contribution is 5.63. The maximum absolute atomic E-state index is 13.4. The lowest BCUT2D eigenvalue weighted by atomic mass is 10.0. The van der Waals surface area contributed by atoms with Crippen LogP contribution >= 0.6 is 0 Å². The molecular weight excluding hydrogens is 363 g/mol. The van der Waals surface area contributed by atoms with Crippen LogP contribution in [0.15, 0.2) is 60.8 Å². The van der Waals surface area contributed by atoms with E-state index in [-0.39, 0.29) is 5.82 Å². The molecule has 0 radical (unpaired) electrons. The molecule has 0 unspecified atom stereocenters. The SMILES string of the molecule is Fc1ccc(-c2nn(-c3ccccc3)cc2CNC2CCN(C3CC3)CC2)cc1. The molecule has 2 aromatic carbocycles. The summed E-state index contributed by atoms with van der Waals surface area (Å²) >= 11 is 0. The molecular formula is C24H27FN4. The molecule has 1 saturated carbocycles. The fourth-order valence-corrected chi connectivity index (χ4v) is 4.27. The van der Waals surface area contributed by atoms with E-state index in [9.17, 15) is 4.39 Å². The van der Waals surface area contributed by atoms with E-state index in [1.165, 1.54) is 50.9 Å². The van der Waals surface area contributed by atoms with Crippen molar-refractivity contribution in [1.29, 1.82) is 0 Å². The van der Waals surface area contributed by atoms with E-state index < -0.39 is 0 Å². The quantitative estimate of drug-likeness (QED) is 0.677. The Morgan fingerprint density at radius 1 is 0.931 bits per heavy atom. The predicted octanol–water partition coefficient (Wildman–Crippen LogP) is 4.39. The lowest BCUT2D eigenvalue weighted by Crippen LogP contribution is -2.43. The number of para-hydroxylation sites is 1. The van der Waals surface area contributed by atoms with Crippen molar-refractivity contribution in [3.8, 4) is 16.9 Å². The van der Waals surface area contributed by atoms with Gasteiger partial charge in [0, 0.05) is 36.0 Å². The van der Waals surface area contributed by atoms with E-state index in [2.05, 4.69) is 16.4 Å². The second-order valence-corrected chi connectivity index (χ2v) is 8.21. The van der Waals surface area contributed by atoms with Gasteiger partial charge in [-0.25, -0.2) is 9.07 Å². The van der Waals surface area contributed by atoms with Crippen molar-refractivity contribution in [2.45, 2.75) is 44.3 Å². The molecule has 1 aromatic heterocycles. The molecule has 2 heterocycles. The van der Waals surface area contributed by atoms with E-state index in [1.807, 2.05) is 47.1 Å². The average molecular weight is 391 g/mol. The number of rotatable bonds is 6. The topological polar surface area (TPSA) is 33.1 Å². The molecule has 1 aliphatic heterocycles. The zero-order valence-electron chi connectivity index (χ0n) is 16.6. The van der Waals surface area contributed by atoms with Crippen molar-refractivity contribution in [3.63, 3.8) is 0 Å². The van der Waals surface area contributed by atoms with Crippen molar-refractivity contribution >= 4 is 0 Å². The molecule has 1 saturated heterocycles. The second kappa shape index (κ2) is 8.09. The number of nitrogens with zero attached hydrogens (tertiary/aromatic N) is 3. The summed E-state index contributed by atoms with van der Waals surface area (Å²) in [7, 11) is 0. The molecule has 3 aromatic rings. The maximum atomic E-state index is 13.4. The minimum Gasteiger partial charge on any atom is -0.310 e. The van der Waals surface area contributed by atoms with Gasteiger partial charge >= 0.3 is 0 Å². The third-order valence-corrected chi connectivity index (χ3v) is 6.10. The van der Waals surface area contributed by atoms with Gasteiger partial charge in [0.05, 0.1) is 11.4 Å². The number of hydrogen-bond acceptors (Lipinski definition) is 3. The van der Waals surface area contributed by atoms with Gasteiger partial charge in [0.15, 0.2) is 0 Å². The third-order valence-electron chi connectivity index (χ3n) is 6.10. The van der Waals surface area contributed by atoms with Crippen LogP contribution in [0.2, 0.25) is 0 Å². The molecule has 0 amide bonds. The lowest BCUT2D eigenvalue weighted by Gasteiger charge is -2.32. The van der Waals surface area contributed by atoms with Crippen LogP contribution in [0.25, 0.3) is 16.9 Å². The van der Waals surface area contributed by atoms with Crippen LogP contribution < -0.4 is 5.32 Å². The molecule has 2 aliphatic rings. The fraction of sp³-hybridized carbons (Fsp3) is 0.375. The second-order valence-electron chi connectivity index (χ2n) is 8.21. The van der Waals surface area contributed by atoms with Crippen LogP contribution in [-0.4, -0.2) is 39.9 Å². The Morgan fingerprint density at radius 3 is 2.34 bits per heavy atom. The van der Waals surface area contributed by atoms with E-state index in [1.54, 1.807) is 0 Å². The standard InChI is InChI=1S/C24H27FN4/c25-20-8-6-18(7-9-20)24-19(17-29(27-24)23-4-2-1-3-5-23)16-26-21-12-14-28(15-13-21)22-10-11-22/h1-9,17,21-22,26H,10-16H2. The van der Waals surface area contributed by atoms with Crippen molar-refractivity contribution in [3.05, 3.63) is 72.2 Å². The number of aromatic nitrogens is 2. The molecule has 0 atom stereocenters.